The van der Waals surface area contributed by atoms with Gasteiger partial charge in [0.05, 0.1) is 0 Å². The Bertz CT molecular complexity index is 169. The molecule has 0 N–H and O–H groups in total. The highest BCUT2D eigenvalue weighted by Gasteiger charge is 1.89. The van der Waals surface area contributed by atoms with Crippen LogP contribution in [-0.4, -0.2) is 11.7 Å². The molecule has 0 atom stereocenters. The first kappa shape index (κ1) is 12.9. The maximum atomic E-state index is 9.76. The van der Waals surface area contributed by atoms with Crippen molar-refractivity contribution in [3.63, 3.8) is 0 Å². The first-order chi connectivity index (χ1) is 6.77. The molecule has 0 saturated heterocycles. The zero-order valence-corrected chi connectivity index (χ0v) is 8.78. The Hall–Kier alpha value is -1.06. The fourth-order valence-corrected chi connectivity index (χ4v) is 1.16. The van der Waals surface area contributed by atoms with E-state index < -0.39 is 5.09 Å². The van der Waals surface area contributed by atoms with Crippen LogP contribution in [-0.2, 0) is 4.84 Å². The van der Waals surface area contributed by atoms with E-state index in [0.29, 0.717) is 0 Å². The van der Waals surface area contributed by atoms with Crippen LogP contribution in [0, 0.1) is 10.1 Å². The third-order valence-corrected chi connectivity index (χ3v) is 1.92. The summed E-state index contributed by atoms with van der Waals surface area (Å²) < 4.78 is 0. The van der Waals surface area contributed by atoms with Gasteiger partial charge < -0.3 is 4.84 Å². The van der Waals surface area contributed by atoms with Gasteiger partial charge in [-0.3, -0.25) is 0 Å². The summed E-state index contributed by atoms with van der Waals surface area (Å²) in [4.78, 5) is 13.9. The van der Waals surface area contributed by atoms with Gasteiger partial charge in [0, 0.05) is 0 Å². The Morgan fingerprint density at radius 2 is 1.93 bits per heavy atom. The standard InChI is InChI=1S/C10H19NO3/c1-2-3-4-5-6-7-8-9-10-14-11(12)13/h8-9H,2-7,10H2,1H3. The van der Waals surface area contributed by atoms with Gasteiger partial charge in [-0.25, -0.2) is 0 Å². The van der Waals surface area contributed by atoms with Crippen molar-refractivity contribution in [1.29, 1.82) is 0 Å². The summed E-state index contributed by atoms with van der Waals surface area (Å²) in [6.07, 6.45) is 10.9. The van der Waals surface area contributed by atoms with E-state index in [-0.39, 0.29) is 6.61 Å². The molecule has 0 aliphatic heterocycles. The van der Waals surface area contributed by atoms with E-state index >= 15 is 0 Å². The second-order valence-electron chi connectivity index (χ2n) is 3.19. The Kier molecular flexibility index (Phi) is 9.26. The van der Waals surface area contributed by atoms with Gasteiger partial charge in [0.2, 0.25) is 0 Å². The number of hydrogen-bond donors (Lipinski definition) is 0. The average Bonchev–Trinajstić information content (AvgIpc) is 2.15. The minimum absolute atomic E-state index is 0.0714. The molecule has 0 heterocycles. The number of allylic oxidation sites excluding steroid dienone is 1. The van der Waals surface area contributed by atoms with Crippen LogP contribution in [0.2, 0.25) is 0 Å². The highest BCUT2D eigenvalue weighted by Crippen LogP contribution is 2.05. The van der Waals surface area contributed by atoms with Crippen LogP contribution >= 0.6 is 0 Å². The average molecular weight is 201 g/mol. The van der Waals surface area contributed by atoms with Crippen molar-refractivity contribution in [2.24, 2.45) is 0 Å². The van der Waals surface area contributed by atoms with E-state index in [2.05, 4.69) is 11.8 Å². The van der Waals surface area contributed by atoms with E-state index in [1.54, 1.807) is 6.08 Å². The molecule has 0 spiro atoms. The van der Waals surface area contributed by atoms with Crippen LogP contribution in [0.15, 0.2) is 12.2 Å². The van der Waals surface area contributed by atoms with Crippen LogP contribution in [0.4, 0.5) is 0 Å². The minimum Gasteiger partial charge on any atom is -0.310 e. The van der Waals surface area contributed by atoms with Crippen LogP contribution < -0.4 is 0 Å². The van der Waals surface area contributed by atoms with Gasteiger partial charge in [-0.1, -0.05) is 44.8 Å². The maximum Gasteiger partial charge on any atom is 0.294 e. The van der Waals surface area contributed by atoms with Crippen LogP contribution in [0.3, 0.4) is 0 Å². The Labute approximate surface area is 85.1 Å². The molecule has 0 rings (SSSR count). The Balaban J connectivity index is 3.07. The predicted molar refractivity (Wildman–Crippen MR) is 55.5 cm³/mol. The molecule has 0 radical (unpaired) electrons. The van der Waals surface area contributed by atoms with E-state index in [9.17, 15) is 10.1 Å². The van der Waals surface area contributed by atoms with Gasteiger partial charge in [0.15, 0.2) is 0 Å². The molecular formula is C10H19NO3. The zero-order valence-electron chi connectivity index (χ0n) is 8.78. The molecule has 4 nitrogen and oxygen atoms in total. The molecule has 0 aromatic heterocycles. The van der Waals surface area contributed by atoms with Gasteiger partial charge in [0.25, 0.3) is 5.09 Å². The largest absolute Gasteiger partial charge is 0.310 e. The first-order valence-corrected chi connectivity index (χ1v) is 5.19. The van der Waals surface area contributed by atoms with Crippen LogP contribution in [0.1, 0.15) is 45.4 Å². The third-order valence-electron chi connectivity index (χ3n) is 1.92. The van der Waals surface area contributed by atoms with Crippen molar-refractivity contribution in [3.8, 4) is 0 Å². The summed E-state index contributed by atoms with van der Waals surface area (Å²) in [7, 11) is 0. The summed E-state index contributed by atoms with van der Waals surface area (Å²) in [6, 6.07) is 0. The molecular weight excluding hydrogens is 182 g/mol. The fourth-order valence-electron chi connectivity index (χ4n) is 1.16. The molecule has 0 amide bonds. The molecule has 4 heteroatoms. The van der Waals surface area contributed by atoms with E-state index in [1.165, 1.54) is 25.7 Å². The molecule has 0 aliphatic rings. The summed E-state index contributed by atoms with van der Waals surface area (Å²) in [6.45, 7) is 2.26. The van der Waals surface area contributed by atoms with Gasteiger partial charge in [0.1, 0.15) is 6.61 Å². The van der Waals surface area contributed by atoms with Gasteiger partial charge in [-0.15, -0.1) is 10.1 Å². The maximum absolute atomic E-state index is 9.76. The topological polar surface area (TPSA) is 52.4 Å². The second kappa shape index (κ2) is 10.0. The number of rotatable bonds is 9. The number of hydrogen-bond acceptors (Lipinski definition) is 3. The molecule has 0 aliphatic carbocycles. The summed E-state index contributed by atoms with van der Waals surface area (Å²) in [5.41, 5.74) is 0. The van der Waals surface area contributed by atoms with Crippen LogP contribution in [0.5, 0.6) is 0 Å². The smallest absolute Gasteiger partial charge is 0.294 e. The van der Waals surface area contributed by atoms with Crippen molar-refractivity contribution in [2.45, 2.75) is 45.4 Å². The monoisotopic (exact) mass is 201 g/mol. The van der Waals surface area contributed by atoms with Crippen molar-refractivity contribution in [1.82, 2.24) is 0 Å². The quantitative estimate of drug-likeness (QED) is 0.249. The van der Waals surface area contributed by atoms with Gasteiger partial charge >= 0.3 is 0 Å². The van der Waals surface area contributed by atoms with Gasteiger partial charge in [-0.2, -0.15) is 0 Å². The van der Waals surface area contributed by atoms with Gasteiger partial charge in [-0.05, 0) is 12.8 Å². The Morgan fingerprint density at radius 3 is 2.57 bits per heavy atom. The third kappa shape index (κ3) is 10.9. The lowest BCUT2D eigenvalue weighted by Gasteiger charge is -1.96. The van der Waals surface area contributed by atoms with Crippen molar-refractivity contribution < 1.29 is 9.92 Å². The highest BCUT2D eigenvalue weighted by atomic mass is 16.9. The molecule has 0 unspecified atom stereocenters. The van der Waals surface area contributed by atoms with E-state index in [0.717, 1.165) is 12.8 Å². The summed E-state index contributed by atoms with van der Waals surface area (Å²) >= 11 is 0. The molecule has 0 aromatic carbocycles. The molecule has 82 valence electrons. The van der Waals surface area contributed by atoms with Crippen LogP contribution in [0.25, 0.3) is 0 Å². The van der Waals surface area contributed by atoms with Crippen molar-refractivity contribution in [2.75, 3.05) is 6.61 Å². The molecule has 0 fully saturated rings. The van der Waals surface area contributed by atoms with E-state index in [4.69, 9.17) is 0 Å². The summed E-state index contributed by atoms with van der Waals surface area (Å²) in [5.74, 6) is 0. The second-order valence-corrected chi connectivity index (χ2v) is 3.19. The molecule has 0 bridgehead atoms. The zero-order chi connectivity index (χ0) is 10.6. The first-order valence-electron chi connectivity index (χ1n) is 5.19. The Morgan fingerprint density at radius 1 is 1.21 bits per heavy atom. The lowest BCUT2D eigenvalue weighted by atomic mass is 10.1. The fraction of sp³-hybridized carbons (Fsp3) is 0.800. The van der Waals surface area contributed by atoms with Crippen molar-refractivity contribution >= 4 is 0 Å². The number of nitrogens with zero attached hydrogens (tertiary/aromatic N) is 1. The predicted octanol–water partition coefficient (Wildman–Crippen LogP) is 3.11. The van der Waals surface area contributed by atoms with E-state index in [1.807, 2.05) is 6.08 Å². The van der Waals surface area contributed by atoms with Crippen molar-refractivity contribution in [3.05, 3.63) is 22.3 Å². The normalized spacial score (nSPS) is 10.6. The molecule has 0 saturated carbocycles. The highest BCUT2D eigenvalue weighted by molar-refractivity contribution is 4.80. The molecule has 14 heavy (non-hydrogen) atoms. The SMILES string of the molecule is CCCCCCCC=CCO[N+](=O)[O-]. The lowest BCUT2D eigenvalue weighted by molar-refractivity contribution is -0.755. The molecule has 0 aromatic rings. The number of unbranched alkanes of at least 4 members (excludes halogenated alkanes) is 5. The lowest BCUT2D eigenvalue weighted by Crippen LogP contribution is -1.99. The minimum atomic E-state index is -0.772. The summed E-state index contributed by atoms with van der Waals surface area (Å²) in [5, 5.41) is 8.98.